The number of rotatable bonds is 13. The van der Waals surface area contributed by atoms with Gasteiger partial charge >= 0.3 is 17.9 Å². The van der Waals surface area contributed by atoms with Crippen molar-refractivity contribution < 1.29 is 33.4 Å². The first-order chi connectivity index (χ1) is 20.6. The molecule has 224 valence electrons. The van der Waals surface area contributed by atoms with Crippen molar-refractivity contribution in [3.8, 4) is 5.75 Å². The Morgan fingerprint density at radius 1 is 0.860 bits per heavy atom. The van der Waals surface area contributed by atoms with E-state index in [0.29, 0.717) is 33.6 Å². The molecular weight excluding hydrogens is 550 g/mol. The predicted octanol–water partition coefficient (Wildman–Crippen LogP) is 4.33. The first kappa shape index (κ1) is 32.3. The van der Waals surface area contributed by atoms with Gasteiger partial charge in [-0.1, -0.05) is 42.5 Å². The number of carbonyl (C=O) groups excluding carboxylic acids is 4. The maximum absolute atomic E-state index is 13.6. The number of nitrogen functional groups attached to an aromatic ring is 1. The van der Waals surface area contributed by atoms with Crippen molar-refractivity contribution in [1.82, 2.24) is 4.90 Å². The molecule has 0 saturated heterocycles. The van der Waals surface area contributed by atoms with Crippen LogP contribution in [-0.2, 0) is 23.9 Å². The van der Waals surface area contributed by atoms with E-state index in [1.165, 1.54) is 4.90 Å². The molecule has 0 spiro atoms. The molecule has 1 atom stereocenters. The second-order valence-corrected chi connectivity index (χ2v) is 9.48. The molecule has 0 aliphatic rings. The van der Waals surface area contributed by atoms with Crippen LogP contribution in [0.2, 0.25) is 0 Å². The number of hydrogen-bond acceptors (Lipinski definition) is 8. The lowest BCUT2D eigenvalue weighted by atomic mass is 9.98. The Labute approximate surface area is 250 Å². The topological polar surface area (TPSA) is 149 Å². The van der Waals surface area contributed by atoms with E-state index in [1.807, 2.05) is 6.07 Å². The lowest BCUT2D eigenvalue weighted by Gasteiger charge is -2.26. The van der Waals surface area contributed by atoms with Gasteiger partial charge in [0.1, 0.15) is 18.1 Å². The van der Waals surface area contributed by atoms with Crippen molar-refractivity contribution in [2.75, 3.05) is 26.3 Å². The summed E-state index contributed by atoms with van der Waals surface area (Å²) in [5.74, 6) is -2.74. The third-order valence-corrected chi connectivity index (χ3v) is 6.33. The van der Waals surface area contributed by atoms with Gasteiger partial charge in [0.05, 0.1) is 24.7 Å². The van der Waals surface area contributed by atoms with E-state index >= 15 is 0 Å². The molecule has 10 heteroatoms. The Morgan fingerprint density at radius 3 is 2.05 bits per heavy atom. The minimum absolute atomic E-state index is 0.0886. The van der Waals surface area contributed by atoms with Gasteiger partial charge in [0.15, 0.2) is 0 Å². The third kappa shape index (κ3) is 9.39. The second kappa shape index (κ2) is 15.7. The van der Waals surface area contributed by atoms with Crippen molar-refractivity contribution >= 4 is 35.7 Å². The number of nitrogens with two attached hydrogens (primary N) is 1. The smallest absolute Gasteiger partial charge is 0.343 e. The van der Waals surface area contributed by atoms with Gasteiger partial charge in [-0.15, -0.1) is 0 Å². The zero-order chi connectivity index (χ0) is 31.4. The maximum Gasteiger partial charge on any atom is 0.343 e. The van der Waals surface area contributed by atoms with E-state index in [4.69, 9.17) is 25.4 Å². The van der Waals surface area contributed by atoms with Crippen LogP contribution in [0, 0.1) is 5.41 Å². The number of ether oxygens (including phenoxy) is 3. The van der Waals surface area contributed by atoms with Crippen molar-refractivity contribution in [2.45, 2.75) is 26.7 Å². The van der Waals surface area contributed by atoms with Crippen LogP contribution in [0.5, 0.6) is 5.75 Å². The quantitative estimate of drug-likeness (QED) is 0.0990. The summed E-state index contributed by atoms with van der Waals surface area (Å²) in [7, 11) is 0. The lowest BCUT2D eigenvalue weighted by Crippen LogP contribution is -2.41. The van der Waals surface area contributed by atoms with Crippen LogP contribution in [0.1, 0.15) is 53.7 Å². The predicted molar refractivity (Wildman–Crippen MR) is 162 cm³/mol. The van der Waals surface area contributed by atoms with Crippen molar-refractivity contribution in [3.05, 3.63) is 107 Å². The number of hydrogen-bond donors (Lipinski definition) is 2. The van der Waals surface area contributed by atoms with Crippen molar-refractivity contribution in [3.63, 3.8) is 0 Å². The van der Waals surface area contributed by atoms with Crippen LogP contribution in [0.25, 0.3) is 6.08 Å². The molecule has 3 rings (SSSR count). The Hall–Kier alpha value is -5.25. The molecule has 0 aliphatic carbocycles. The summed E-state index contributed by atoms with van der Waals surface area (Å²) in [4.78, 5) is 52.8. The van der Waals surface area contributed by atoms with Crippen molar-refractivity contribution in [1.29, 1.82) is 5.41 Å². The monoisotopic (exact) mass is 585 g/mol. The summed E-state index contributed by atoms with van der Waals surface area (Å²) < 4.78 is 15.7. The van der Waals surface area contributed by atoms with Crippen LogP contribution in [0.4, 0.5) is 0 Å². The van der Waals surface area contributed by atoms with Crippen molar-refractivity contribution in [2.24, 2.45) is 5.73 Å². The molecule has 10 nitrogen and oxygen atoms in total. The van der Waals surface area contributed by atoms with Gasteiger partial charge in [-0.05, 0) is 74.4 Å². The Balaban J connectivity index is 1.78. The molecule has 0 bridgehead atoms. The van der Waals surface area contributed by atoms with Gasteiger partial charge in [0, 0.05) is 17.7 Å². The molecule has 1 unspecified atom stereocenters. The van der Waals surface area contributed by atoms with Crippen LogP contribution in [-0.4, -0.2) is 60.9 Å². The van der Waals surface area contributed by atoms with Crippen LogP contribution >= 0.6 is 0 Å². The van der Waals surface area contributed by atoms with Crippen LogP contribution in [0.15, 0.2) is 84.4 Å². The van der Waals surface area contributed by atoms with E-state index in [0.717, 1.165) is 0 Å². The average Bonchev–Trinajstić information content (AvgIpc) is 3.00. The lowest BCUT2D eigenvalue weighted by molar-refractivity contribution is -0.151. The number of benzene rings is 3. The number of nitrogens with zero attached hydrogens (tertiary/aromatic N) is 1. The zero-order valence-electron chi connectivity index (χ0n) is 24.4. The maximum atomic E-state index is 13.6. The van der Waals surface area contributed by atoms with E-state index < -0.39 is 29.7 Å². The molecule has 43 heavy (non-hydrogen) atoms. The molecule has 0 fully saturated rings. The number of carbonyl (C=O) groups is 4. The summed E-state index contributed by atoms with van der Waals surface area (Å²) in [5.41, 5.74) is 7.85. The van der Waals surface area contributed by atoms with E-state index in [2.05, 4.69) is 0 Å². The minimum Gasteiger partial charge on any atom is -0.465 e. The standard InChI is InChI=1S/C33H35N3O7/c1-4-41-29(37)21-36(20-28(33(40)42-5-2)24-9-7-6-8-10-24)31(38)22(3)19-23-11-13-26(14-12-23)32(39)43-27-17-15-25(16-18-27)30(34)35/h6-19,28H,4-5,20-21H2,1-3H3,(H3,34,35)/b22-19+. The normalized spacial score (nSPS) is 11.7. The molecule has 3 aromatic carbocycles. The highest BCUT2D eigenvalue weighted by Gasteiger charge is 2.29. The molecule has 0 saturated carbocycles. The average molecular weight is 586 g/mol. The van der Waals surface area contributed by atoms with Gasteiger partial charge < -0.3 is 24.8 Å². The Morgan fingerprint density at radius 2 is 1.47 bits per heavy atom. The number of amides is 1. The van der Waals surface area contributed by atoms with Gasteiger partial charge in [0.25, 0.3) is 0 Å². The number of esters is 3. The van der Waals surface area contributed by atoms with E-state index in [1.54, 1.807) is 99.6 Å². The fraction of sp³-hybridized carbons (Fsp3) is 0.242. The fourth-order valence-electron chi connectivity index (χ4n) is 4.19. The highest BCUT2D eigenvalue weighted by Crippen LogP contribution is 2.21. The summed E-state index contributed by atoms with van der Waals surface area (Å²) >= 11 is 0. The number of amidine groups is 1. The summed E-state index contributed by atoms with van der Waals surface area (Å²) in [6.07, 6.45) is 1.62. The molecule has 3 aromatic rings. The largest absolute Gasteiger partial charge is 0.465 e. The highest BCUT2D eigenvalue weighted by molar-refractivity contribution is 5.99. The van der Waals surface area contributed by atoms with Gasteiger partial charge in [-0.2, -0.15) is 0 Å². The molecule has 0 heterocycles. The molecule has 1 amide bonds. The number of nitrogens with one attached hydrogen (secondary N) is 1. The van der Waals surface area contributed by atoms with Gasteiger partial charge in [-0.3, -0.25) is 19.8 Å². The van der Waals surface area contributed by atoms with E-state index in [9.17, 15) is 19.2 Å². The van der Waals surface area contributed by atoms with E-state index in [-0.39, 0.29) is 32.1 Å². The fourth-order valence-corrected chi connectivity index (χ4v) is 4.19. The minimum atomic E-state index is -0.809. The molecule has 0 aliphatic heterocycles. The SMILES string of the molecule is CCOC(=O)CN(CC(C(=O)OCC)c1ccccc1)C(=O)/C(C)=C/c1ccc(C(=O)Oc2ccc(C(=N)N)cc2)cc1. The summed E-state index contributed by atoms with van der Waals surface area (Å²) in [6.45, 7) is 4.85. The molecular formula is C33H35N3O7. The van der Waals surface area contributed by atoms with Crippen LogP contribution in [0.3, 0.4) is 0 Å². The zero-order valence-corrected chi connectivity index (χ0v) is 24.4. The van der Waals surface area contributed by atoms with Gasteiger partial charge in [-0.25, -0.2) is 4.79 Å². The second-order valence-electron chi connectivity index (χ2n) is 9.48. The Kier molecular flexibility index (Phi) is 11.8. The first-order valence-electron chi connectivity index (χ1n) is 13.7. The summed E-state index contributed by atoms with van der Waals surface area (Å²) in [5, 5.41) is 7.45. The highest BCUT2D eigenvalue weighted by atomic mass is 16.5. The molecule has 0 radical (unpaired) electrons. The Bertz CT molecular complexity index is 1470. The molecule has 3 N–H and O–H groups in total. The van der Waals surface area contributed by atoms with Gasteiger partial charge in [0.2, 0.25) is 5.91 Å². The third-order valence-electron chi connectivity index (χ3n) is 6.33. The molecule has 0 aromatic heterocycles. The first-order valence-corrected chi connectivity index (χ1v) is 13.7. The summed E-state index contributed by atoms with van der Waals surface area (Å²) in [6, 6.07) is 21.6. The van der Waals surface area contributed by atoms with Crippen LogP contribution < -0.4 is 10.5 Å².